The third-order valence-electron chi connectivity index (χ3n) is 6.17. The molecule has 2 aromatic rings. The van der Waals surface area contributed by atoms with Gasteiger partial charge in [0.15, 0.2) is 11.0 Å². The SMILES string of the molecule is CC.CC.Cc1ccc2c(c1)S(=O)N(C)c1ccccc1C2NCCCCCCCCCCC(=O)O. The van der Waals surface area contributed by atoms with Crippen molar-refractivity contribution in [3.63, 3.8) is 0 Å². The number of aryl methyl sites for hydroxylation is 1. The van der Waals surface area contributed by atoms with E-state index >= 15 is 0 Å². The highest BCUT2D eigenvalue weighted by Gasteiger charge is 2.29. The lowest BCUT2D eigenvalue weighted by Crippen LogP contribution is -2.24. The van der Waals surface area contributed by atoms with E-state index < -0.39 is 17.0 Å². The van der Waals surface area contributed by atoms with Gasteiger partial charge < -0.3 is 10.4 Å². The molecule has 36 heavy (non-hydrogen) atoms. The molecule has 5 nitrogen and oxygen atoms in total. The van der Waals surface area contributed by atoms with Crippen LogP contribution in [0.2, 0.25) is 0 Å². The Morgan fingerprint density at radius 1 is 0.889 bits per heavy atom. The number of benzene rings is 2. The van der Waals surface area contributed by atoms with E-state index in [2.05, 4.69) is 41.7 Å². The fraction of sp³-hybridized carbons (Fsp3) is 0.567. The van der Waals surface area contributed by atoms with Crippen LogP contribution in [0.15, 0.2) is 47.4 Å². The van der Waals surface area contributed by atoms with Gasteiger partial charge in [-0.15, -0.1) is 0 Å². The fourth-order valence-electron chi connectivity index (χ4n) is 4.38. The average molecular weight is 517 g/mol. The van der Waals surface area contributed by atoms with Crippen molar-refractivity contribution in [2.24, 2.45) is 0 Å². The number of aliphatic carboxylic acids is 1. The molecular weight excluding hydrogens is 468 g/mol. The molecule has 1 aliphatic rings. The standard InChI is InChI=1S/C26H36N2O3S.2C2H6/c1-20-16-17-22-24(19-20)32(31)28(2)23-14-11-10-13-21(23)26(22)27-18-12-8-6-4-3-5-7-9-15-25(29)30;2*1-2/h10-11,13-14,16-17,19,26-27H,3-9,12,15,18H2,1-2H3,(H,29,30);2*1-2H3. The molecule has 1 heterocycles. The lowest BCUT2D eigenvalue weighted by atomic mass is 9.96. The topological polar surface area (TPSA) is 69.6 Å². The number of nitrogens with zero attached hydrogens (tertiary/aromatic N) is 1. The second-order valence-corrected chi connectivity index (χ2v) is 10.2. The predicted molar refractivity (Wildman–Crippen MR) is 154 cm³/mol. The molecule has 0 saturated carbocycles. The van der Waals surface area contributed by atoms with E-state index in [0.29, 0.717) is 6.42 Å². The van der Waals surface area contributed by atoms with Gasteiger partial charge in [-0.3, -0.25) is 9.10 Å². The van der Waals surface area contributed by atoms with Crippen LogP contribution >= 0.6 is 0 Å². The average Bonchev–Trinajstić information content (AvgIpc) is 2.98. The van der Waals surface area contributed by atoms with Crippen molar-refractivity contribution in [2.45, 2.75) is 103 Å². The van der Waals surface area contributed by atoms with Crippen LogP contribution in [0.5, 0.6) is 0 Å². The largest absolute Gasteiger partial charge is 0.481 e. The number of anilines is 1. The summed E-state index contributed by atoms with van der Waals surface area (Å²) in [6, 6.07) is 14.6. The molecule has 3 rings (SSSR count). The van der Waals surface area contributed by atoms with Gasteiger partial charge in [0.2, 0.25) is 0 Å². The third-order valence-corrected chi connectivity index (χ3v) is 7.59. The molecule has 0 fully saturated rings. The Labute approximate surface area is 222 Å². The summed E-state index contributed by atoms with van der Waals surface area (Å²) in [5.74, 6) is -0.690. The Bertz CT molecular complexity index is 932. The zero-order valence-electron chi connectivity index (χ0n) is 23.3. The van der Waals surface area contributed by atoms with Gasteiger partial charge in [0, 0.05) is 13.5 Å². The number of carboxylic acids is 1. The molecule has 2 aromatic carbocycles. The molecule has 6 heteroatoms. The molecule has 1 aliphatic heterocycles. The second-order valence-electron chi connectivity index (χ2n) is 8.71. The number of nitrogens with one attached hydrogen (secondary N) is 1. The molecule has 2 atom stereocenters. The highest BCUT2D eigenvalue weighted by atomic mass is 32.2. The fourth-order valence-corrected chi connectivity index (χ4v) is 5.70. The van der Waals surface area contributed by atoms with E-state index in [1.807, 2.05) is 52.0 Å². The highest BCUT2D eigenvalue weighted by Crippen LogP contribution is 2.38. The van der Waals surface area contributed by atoms with Gasteiger partial charge in [-0.1, -0.05) is 96.6 Å². The Balaban J connectivity index is 0.00000154. The van der Waals surface area contributed by atoms with Crippen molar-refractivity contribution in [1.29, 1.82) is 0 Å². The number of rotatable bonds is 12. The Kier molecular flexibility index (Phi) is 16.0. The quantitative estimate of drug-likeness (QED) is 0.282. The first-order valence-corrected chi connectivity index (χ1v) is 14.9. The molecule has 202 valence electrons. The van der Waals surface area contributed by atoms with Crippen LogP contribution in [0.4, 0.5) is 5.69 Å². The maximum absolute atomic E-state index is 13.3. The van der Waals surface area contributed by atoms with Crippen LogP contribution in [-0.2, 0) is 15.8 Å². The maximum atomic E-state index is 13.3. The molecule has 0 spiro atoms. The van der Waals surface area contributed by atoms with E-state index in [4.69, 9.17) is 5.11 Å². The maximum Gasteiger partial charge on any atom is 0.303 e. The van der Waals surface area contributed by atoms with Crippen molar-refractivity contribution in [2.75, 3.05) is 17.9 Å². The van der Waals surface area contributed by atoms with Gasteiger partial charge in [-0.05, 0) is 55.1 Å². The number of para-hydroxylation sites is 1. The minimum Gasteiger partial charge on any atom is -0.481 e. The summed E-state index contributed by atoms with van der Waals surface area (Å²) in [5.41, 5.74) is 4.41. The van der Waals surface area contributed by atoms with E-state index in [1.165, 1.54) is 31.2 Å². The predicted octanol–water partition coefficient (Wildman–Crippen LogP) is 7.79. The lowest BCUT2D eigenvalue weighted by molar-refractivity contribution is -0.137. The van der Waals surface area contributed by atoms with Gasteiger partial charge in [-0.2, -0.15) is 0 Å². The van der Waals surface area contributed by atoms with Crippen LogP contribution in [-0.4, -0.2) is 28.9 Å². The summed E-state index contributed by atoms with van der Waals surface area (Å²) in [5, 5.41) is 12.4. The summed E-state index contributed by atoms with van der Waals surface area (Å²) in [6.45, 7) is 11.0. The first-order chi connectivity index (χ1) is 17.5. The van der Waals surface area contributed by atoms with E-state index in [1.54, 1.807) is 0 Å². The molecule has 0 saturated heterocycles. The molecule has 2 N–H and O–H groups in total. The van der Waals surface area contributed by atoms with Gasteiger partial charge in [0.25, 0.3) is 0 Å². The molecule has 0 aliphatic carbocycles. The summed E-state index contributed by atoms with van der Waals surface area (Å²) in [7, 11) is 0.681. The van der Waals surface area contributed by atoms with Crippen LogP contribution in [0.1, 0.15) is 108 Å². The normalized spacial score (nSPS) is 15.9. The van der Waals surface area contributed by atoms with Crippen molar-refractivity contribution >= 4 is 22.6 Å². The first-order valence-electron chi connectivity index (χ1n) is 13.8. The van der Waals surface area contributed by atoms with Gasteiger partial charge in [-0.25, -0.2) is 4.21 Å². The smallest absolute Gasteiger partial charge is 0.303 e. The van der Waals surface area contributed by atoms with Crippen molar-refractivity contribution in [3.05, 3.63) is 59.2 Å². The van der Waals surface area contributed by atoms with Crippen molar-refractivity contribution in [3.8, 4) is 0 Å². The molecule has 0 aromatic heterocycles. The van der Waals surface area contributed by atoms with Gasteiger partial charge >= 0.3 is 5.97 Å². The van der Waals surface area contributed by atoms with E-state index in [9.17, 15) is 9.00 Å². The molecule has 2 unspecified atom stereocenters. The van der Waals surface area contributed by atoms with Crippen molar-refractivity contribution in [1.82, 2.24) is 5.32 Å². The minimum absolute atomic E-state index is 0.0323. The van der Waals surface area contributed by atoms with E-state index in [0.717, 1.165) is 53.9 Å². The number of unbranched alkanes of at least 4 members (excludes halogenated alkanes) is 7. The second kappa shape index (κ2) is 18.1. The van der Waals surface area contributed by atoms with Crippen molar-refractivity contribution < 1.29 is 14.1 Å². The monoisotopic (exact) mass is 516 g/mol. The number of hydrogen-bond donors (Lipinski definition) is 2. The molecule has 0 radical (unpaired) electrons. The minimum atomic E-state index is -1.23. The number of carboxylic acid groups (broad SMARTS) is 1. The lowest BCUT2D eigenvalue weighted by Gasteiger charge is -2.22. The number of carbonyl (C=O) groups is 1. The Morgan fingerprint density at radius 2 is 1.47 bits per heavy atom. The summed E-state index contributed by atoms with van der Waals surface area (Å²) < 4.78 is 15.1. The van der Waals surface area contributed by atoms with Crippen LogP contribution in [0, 0.1) is 6.92 Å². The Hall–Kier alpha value is -2.18. The molecular formula is C30H48N2O3S. The number of hydrogen-bond acceptors (Lipinski definition) is 3. The van der Waals surface area contributed by atoms with E-state index in [-0.39, 0.29) is 6.04 Å². The summed E-state index contributed by atoms with van der Waals surface area (Å²) in [6.07, 6.45) is 9.14. The molecule has 0 bridgehead atoms. The third kappa shape index (κ3) is 9.70. The van der Waals surface area contributed by atoms with Crippen LogP contribution in [0.3, 0.4) is 0 Å². The zero-order chi connectivity index (χ0) is 26.9. The van der Waals surface area contributed by atoms with Crippen LogP contribution < -0.4 is 9.62 Å². The molecule has 0 amide bonds. The van der Waals surface area contributed by atoms with Crippen LogP contribution in [0.25, 0.3) is 0 Å². The summed E-state index contributed by atoms with van der Waals surface area (Å²) >= 11 is 0. The summed E-state index contributed by atoms with van der Waals surface area (Å²) in [4.78, 5) is 11.4. The highest BCUT2D eigenvalue weighted by molar-refractivity contribution is 7.86. The zero-order valence-corrected chi connectivity index (χ0v) is 24.1. The number of fused-ring (bicyclic) bond motifs is 2. The first kappa shape index (κ1) is 31.8. The van der Waals surface area contributed by atoms with Gasteiger partial charge in [0.05, 0.1) is 16.6 Å². The van der Waals surface area contributed by atoms with Gasteiger partial charge in [0.1, 0.15) is 0 Å². The Morgan fingerprint density at radius 3 is 2.11 bits per heavy atom.